The lowest BCUT2D eigenvalue weighted by atomic mass is 10.2. The first-order valence-electron chi connectivity index (χ1n) is 8.43. The number of aliphatic hydroxyl groups excluding tert-OH is 2. The lowest BCUT2D eigenvalue weighted by Gasteiger charge is -2.13. The highest BCUT2D eigenvalue weighted by molar-refractivity contribution is 5.82. The van der Waals surface area contributed by atoms with Gasteiger partial charge < -0.3 is 30.5 Å². The Bertz CT molecular complexity index is 524. The molecule has 4 N–H and O–H groups in total. The third-order valence-electron chi connectivity index (χ3n) is 3.90. The zero-order valence-electron chi connectivity index (χ0n) is 14.4. The number of aryl methyl sites for hydroxylation is 1. The zero-order valence-corrected chi connectivity index (χ0v) is 14.4. The van der Waals surface area contributed by atoms with Crippen molar-refractivity contribution in [3.63, 3.8) is 0 Å². The first-order valence-corrected chi connectivity index (χ1v) is 8.43. The number of unbranched alkanes of at least 4 members (excludes halogenated alkanes) is 1. The van der Waals surface area contributed by atoms with E-state index >= 15 is 0 Å². The molecule has 1 saturated heterocycles. The molecule has 3 atom stereocenters. The Morgan fingerprint density at radius 1 is 1.40 bits per heavy atom. The Balaban J connectivity index is 0.000000275. The van der Waals surface area contributed by atoms with Gasteiger partial charge in [0.15, 0.2) is 6.10 Å². The lowest BCUT2D eigenvalue weighted by molar-refractivity contribution is -0.698. The average Bonchev–Trinajstić information content (AvgIpc) is 3.24. The van der Waals surface area contributed by atoms with Gasteiger partial charge in [0.25, 0.3) is 0 Å². The van der Waals surface area contributed by atoms with E-state index in [9.17, 15) is 14.7 Å². The Morgan fingerprint density at radius 3 is 2.60 bits per heavy atom. The molecular weight excluding hydrogens is 330 g/mol. The molecule has 0 aliphatic carbocycles. The molecule has 1 aliphatic heterocycles. The maximum absolute atomic E-state index is 9.74. The summed E-state index contributed by atoms with van der Waals surface area (Å²) in [5.41, 5.74) is 0. The summed E-state index contributed by atoms with van der Waals surface area (Å²) in [5.74, 6) is -3.83. The third kappa shape index (κ3) is 7.63. The molecule has 142 valence electrons. The molecule has 0 spiro atoms. The van der Waals surface area contributed by atoms with Gasteiger partial charge in [0.1, 0.15) is 25.0 Å². The smallest absolute Gasteiger partial charge is 0.335 e. The van der Waals surface area contributed by atoms with E-state index in [0.717, 1.165) is 13.1 Å². The highest BCUT2D eigenvalue weighted by Gasteiger charge is 2.24. The van der Waals surface area contributed by atoms with Gasteiger partial charge in [-0.05, 0) is 25.8 Å². The summed E-state index contributed by atoms with van der Waals surface area (Å²) >= 11 is 0. The highest BCUT2D eigenvalue weighted by atomic mass is 16.4. The third-order valence-corrected chi connectivity index (χ3v) is 3.90. The normalized spacial score (nSPS) is 18.9. The number of aliphatic hydroxyl groups is 2. The number of carbonyl (C=O) groups excluding carboxylic acids is 1. The van der Waals surface area contributed by atoms with Gasteiger partial charge in [-0.3, -0.25) is 0 Å². The van der Waals surface area contributed by atoms with E-state index < -0.39 is 24.1 Å². The van der Waals surface area contributed by atoms with Gasteiger partial charge in [-0.15, -0.1) is 0 Å². The minimum Gasteiger partial charge on any atom is -0.547 e. The number of imidazole rings is 1. The summed E-state index contributed by atoms with van der Waals surface area (Å²) in [6.07, 6.45) is 7.10. The van der Waals surface area contributed by atoms with Crippen molar-refractivity contribution in [1.29, 1.82) is 0 Å². The number of nitrogens with zero attached hydrogens (tertiary/aromatic N) is 2. The minimum absolute atomic E-state index is 0.692. The first kappa shape index (κ1) is 21.1. The molecule has 0 amide bonds. The Hall–Kier alpha value is -1.97. The van der Waals surface area contributed by atoms with Crippen LogP contribution < -0.4 is 15.0 Å². The number of aliphatic carboxylic acids is 2. The van der Waals surface area contributed by atoms with Crippen molar-refractivity contribution >= 4 is 11.9 Å². The van der Waals surface area contributed by atoms with Crippen LogP contribution in [-0.2, 0) is 22.7 Å². The Kier molecular flexibility index (Phi) is 9.11. The summed E-state index contributed by atoms with van der Waals surface area (Å²) in [4.78, 5) is 19.4. The second-order valence-corrected chi connectivity index (χ2v) is 6.04. The molecule has 0 aromatic carbocycles. The van der Waals surface area contributed by atoms with E-state index in [0.29, 0.717) is 6.04 Å². The van der Waals surface area contributed by atoms with Crippen LogP contribution in [0.15, 0.2) is 18.7 Å². The number of aromatic nitrogens is 2. The van der Waals surface area contributed by atoms with Gasteiger partial charge in [-0.25, -0.2) is 13.9 Å². The van der Waals surface area contributed by atoms with Crippen LogP contribution in [0.25, 0.3) is 0 Å². The molecule has 1 fully saturated rings. The summed E-state index contributed by atoms with van der Waals surface area (Å²) in [7, 11) is 0. The van der Waals surface area contributed by atoms with E-state index in [-0.39, 0.29) is 0 Å². The van der Waals surface area contributed by atoms with Crippen molar-refractivity contribution in [2.24, 2.45) is 0 Å². The minimum atomic E-state index is -2.38. The van der Waals surface area contributed by atoms with Crippen molar-refractivity contribution in [1.82, 2.24) is 9.88 Å². The van der Waals surface area contributed by atoms with E-state index in [4.69, 9.17) is 15.3 Å². The summed E-state index contributed by atoms with van der Waals surface area (Å²) < 4.78 is 4.59. The van der Waals surface area contributed by atoms with Gasteiger partial charge >= 0.3 is 5.97 Å². The molecule has 9 nitrogen and oxygen atoms in total. The molecule has 0 saturated carbocycles. The van der Waals surface area contributed by atoms with Crippen molar-refractivity contribution in [2.45, 2.75) is 63.9 Å². The molecule has 1 aromatic rings. The molecule has 0 radical (unpaired) electrons. The molecule has 25 heavy (non-hydrogen) atoms. The number of nitrogens with one attached hydrogen (secondary N) is 1. The Morgan fingerprint density at radius 2 is 2.12 bits per heavy atom. The van der Waals surface area contributed by atoms with Gasteiger partial charge in [0.05, 0.1) is 12.5 Å². The van der Waals surface area contributed by atoms with Gasteiger partial charge in [0.2, 0.25) is 6.33 Å². The predicted molar refractivity (Wildman–Crippen MR) is 85.2 cm³/mol. The fraction of sp³-hybridized carbons (Fsp3) is 0.688. The highest BCUT2D eigenvalue weighted by Crippen LogP contribution is 2.04. The van der Waals surface area contributed by atoms with Crippen LogP contribution in [0.1, 0.15) is 32.6 Å². The van der Waals surface area contributed by atoms with Crippen LogP contribution in [-0.4, -0.2) is 56.6 Å². The number of carboxylic acids is 2. The van der Waals surface area contributed by atoms with Crippen molar-refractivity contribution in [2.75, 3.05) is 6.54 Å². The molecule has 1 aliphatic rings. The average molecular weight is 357 g/mol. The number of hydrogen-bond donors (Lipinski definition) is 4. The van der Waals surface area contributed by atoms with E-state index in [2.05, 4.69) is 40.1 Å². The van der Waals surface area contributed by atoms with Crippen LogP contribution in [0.4, 0.5) is 0 Å². The second-order valence-electron chi connectivity index (χ2n) is 6.04. The number of carboxylic acid groups (broad SMARTS) is 2. The quantitative estimate of drug-likeness (QED) is 0.390. The van der Waals surface area contributed by atoms with Crippen molar-refractivity contribution in [3.8, 4) is 0 Å². The number of hydrogen-bond acceptors (Lipinski definition) is 6. The predicted octanol–water partition coefficient (Wildman–Crippen LogP) is -2.13. The molecule has 1 aromatic heterocycles. The molecule has 2 heterocycles. The fourth-order valence-electron chi connectivity index (χ4n) is 2.45. The standard InChI is InChI=1S/C12H22N3.C4H6O6/c1-2-3-7-14-8-9-15(11-14)10-12-5-4-6-13-12;5-1(3(7)8)2(6)4(9)10/h8-9,11-13H,2-7,10H2,1H3;1-2,5-6H,(H,7,8)(H,9,10)/q+1;/p-1/t12-;1-,2-/m00/s1. The van der Waals surface area contributed by atoms with E-state index in [1.807, 2.05) is 0 Å². The molecule has 9 heteroatoms. The van der Waals surface area contributed by atoms with E-state index in [1.165, 1.54) is 32.2 Å². The molecule has 2 rings (SSSR count). The fourth-order valence-corrected chi connectivity index (χ4v) is 2.45. The first-order chi connectivity index (χ1) is 11.8. The van der Waals surface area contributed by atoms with Gasteiger partial charge in [-0.2, -0.15) is 0 Å². The van der Waals surface area contributed by atoms with Crippen LogP contribution >= 0.6 is 0 Å². The second kappa shape index (κ2) is 10.8. The monoisotopic (exact) mass is 357 g/mol. The molecular formula is C16H27N3O6. The van der Waals surface area contributed by atoms with Crippen LogP contribution in [0.3, 0.4) is 0 Å². The lowest BCUT2D eigenvalue weighted by Crippen LogP contribution is -2.46. The Labute approximate surface area is 146 Å². The number of carbonyl (C=O) groups is 2. The topological polar surface area (TPSA) is 139 Å². The van der Waals surface area contributed by atoms with E-state index in [1.54, 1.807) is 0 Å². The van der Waals surface area contributed by atoms with Crippen molar-refractivity contribution in [3.05, 3.63) is 18.7 Å². The number of rotatable bonds is 8. The SMILES string of the molecule is CCCCn1cc[n+](C[C@@H]2CCCN2)c1.O=C([O-])[C@@H](O)[C@H](O)C(=O)O. The van der Waals surface area contributed by atoms with Crippen molar-refractivity contribution < 1.29 is 34.6 Å². The summed E-state index contributed by atoms with van der Waals surface area (Å²) in [6.45, 7) is 5.71. The largest absolute Gasteiger partial charge is 0.547 e. The zero-order chi connectivity index (χ0) is 18.8. The summed E-state index contributed by atoms with van der Waals surface area (Å²) in [5, 5.41) is 37.7. The van der Waals surface area contributed by atoms with Crippen LogP contribution in [0, 0.1) is 0 Å². The maximum Gasteiger partial charge on any atom is 0.335 e. The van der Waals surface area contributed by atoms with Gasteiger partial charge in [-0.1, -0.05) is 13.3 Å². The van der Waals surface area contributed by atoms with Crippen LogP contribution in [0.5, 0.6) is 0 Å². The molecule has 0 unspecified atom stereocenters. The maximum atomic E-state index is 9.74. The molecule has 0 bridgehead atoms. The van der Waals surface area contributed by atoms with Gasteiger partial charge in [0, 0.05) is 6.04 Å². The summed E-state index contributed by atoms with van der Waals surface area (Å²) in [6, 6.07) is 0.692. The van der Waals surface area contributed by atoms with Crippen LogP contribution in [0.2, 0.25) is 0 Å².